The Kier molecular flexibility index (Phi) is 2.30. The Morgan fingerprint density at radius 1 is 1.47 bits per heavy atom. The van der Waals surface area contributed by atoms with E-state index in [1.807, 2.05) is 11.6 Å². The number of hydrogen-bond acceptors (Lipinski definition) is 4. The van der Waals surface area contributed by atoms with Crippen molar-refractivity contribution in [2.24, 2.45) is 0 Å². The summed E-state index contributed by atoms with van der Waals surface area (Å²) >= 11 is 0. The van der Waals surface area contributed by atoms with Crippen LogP contribution in [0.1, 0.15) is 32.0 Å². The summed E-state index contributed by atoms with van der Waals surface area (Å²) in [5.74, 6) is 0.507. The first-order chi connectivity index (χ1) is 7.15. The molecule has 2 rings (SSSR count). The number of rotatable bonds is 2. The molecule has 0 aliphatic rings. The largest absolute Gasteiger partial charge is 0.383 e. The van der Waals surface area contributed by atoms with Crippen molar-refractivity contribution in [3.8, 4) is 0 Å². The van der Waals surface area contributed by atoms with E-state index in [1.54, 1.807) is 0 Å². The Balaban J connectivity index is 2.73. The van der Waals surface area contributed by atoms with Crippen molar-refractivity contribution in [3.63, 3.8) is 0 Å². The van der Waals surface area contributed by atoms with Crippen molar-refractivity contribution in [2.45, 2.75) is 33.2 Å². The molecule has 2 aromatic rings. The summed E-state index contributed by atoms with van der Waals surface area (Å²) in [4.78, 5) is 8.22. The Labute approximate surface area is 88.3 Å². The number of aromatic nitrogens is 4. The van der Waals surface area contributed by atoms with Crippen LogP contribution in [0, 0.1) is 6.92 Å². The molecule has 0 aliphatic carbocycles. The number of hydrogen-bond donors (Lipinski definition) is 1. The number of fused-ring (bicyclic) bond motifs is 1. The minimum Gasteiger partial charge on any atom is -0.383 e. The monoisotopic (exact) mass is 205 g/mol. The van der Waals surface area contributed by atoms with E-state index >= 15 is 0 Å². The second-order valence-corrected chi connectivity index (χ2v) is 3.74. The summed E-state index contributed by atoms with van der Waals surface area (Å²) in [6, 6.07) is 0.329. The Hall–Kier alpha value is -1.65. The van der Waals surface area contributed by atoms with Crippen LogP contribution in [-0.2, 0) is 0 Å². The van der Waals surface area contributed by atoms with Gasteiger partial charge in [-0.1, -0.05) is 6.92 Å². The minimum absolute atomic E-state index is 0.329. The average molecular weight is 205 g/mol. The zero-order valence-corrected chi connectivity index (χ0v) is 9.23. The van der Waals surface area contributed by atoms with Crippen LogP contribution in [0.5, 0.6) is 0 Å². The lowest BCUT2D eigenvalue weighted by Crippen LogP contribution is -2.06. The predicted molar refractivity (Wildman–Crippen MR) is 59.5 cm³/mol. The van der Waals surface area contributed by atoms with Crippen molar-refractivity contribution in [1.82, 2.24) is 19.7 Å². The van der Waals surface area contributed by atoms with Gasteiger partial charge in [-0.3, -0.25) is 0 Å². The fourth-order valence-electron chi connectivity index (χ4n) is 1.65. The molecule has 0 unspecified atom stereocenters. The molecule has 0 saturated heterocycles. The van der Waals surface area contributed by atoms with Gasteiger partial charge in [0.2, 0.25) is 0 Å². The van der Waals surface area contributed by atoms with Gasteiger partial charge in [-0.05, 0) is 20.3 Å². The third-order valence-electron chi connectivity index (χ3n) is 2.70. The fraction of sp³-hybridized carbons (Fsp3) is 0.500. The third kappa shape index (κ3) is 1.44. The molecule has 5 nitrogen and oxygen atoms in total. The van der Waals surface area contributed by atoms with Crippen molar-refractivity contribution in [3.05, 3.63) is 12.0 Å². The van der Waals surface area contributed by atoms with Crippen LogP contribution in [0.15, 0.2) is 6.33 Å². The number of nitrogens with zero attached hydrogens (tertiary/aromatic N) is 4. The van der Waals surface area contributed by atoms with Crippen molar-refractivity contribution in [1.29, 1.82) is 0 Å². The molecule has 2 aromatic heterocycles. The molecule has 5 heteroatoms. The van der Waals surface area contributed by atoms with E-state index in [9.17, 15) is 0 Å². The van der Waals surface area contributed by atoms with Crippen LogP contribution in [0.3, 0.4) is 0 Å². The summed E-state index contributed by atoms with van der Waals surface area (Å²) in [5, 5.41) is 5.33. The molecule has 0 radical (unpaired) electrons. The first-order valence-electron chi connectivity index (χ1n) is 5.10. The highest BCUT2D eigenvalue weighted by atomic mass is 15.3. The maximum absolute atomic E-state index is 5.81. The quantitative estimate of drug-likeness (QED) is 0.809. The Morgan fingerprint density at radius 2 is 2.20 bits per heavy atom. The SMILES string of the molecule is CC[C@@H](C)n1nc(C)c2c(N)ncnc21. The van der Waals surface area contributed by atoms with Gasteiger partial charge in [0.05, 0.1) is 17.1 Å². The van der Waals surface area contributed by atoms with Crippen LogP contribution in [0.4, 0.5) is 5.82 Å². The highest BCUT2D eigenvalue weighted by Gasteiger charge is 2.14. The highest BCUT2D eigenvalue weighted by molar-refractivity contribution is 5.87. The van der Waals surface area contributed by atoms with Crippen LogP contribution >= 0.6 is 0 Å². The average Bonchev–Trinajstić information content (AvgIpc) is 2.56. The molecular weight excluding hydrogens is 190 g/mol. The maximum Gasteiger partial charge on any atom is 0.163 e. The van der Waals surface area contributed by atoms with Gasteiger partial charge in [0.25, 0.3) is 0 Å². The van der Waals surface area contributed by atoms with Gasteiger partial charge in [0.1, 0.15) is 12.1 Å². The van der Waals surface area contributed by atoms with Crippen molar-refractivity contribution < 1.29 is 0 Å². The molecule has 0 bridgehead atoms. The van der Waals surface area contributed by atoms with Crippen molar-refractivity contribution in [2.75, 3.05) is 5.73 Å². The highest BCUT2D eigenvalue weighted by Crippen LogP contribution is 2.23. The van der Waals surface area contributed by atoms with Crippen LogP contribution in [-0.4, -0.2) is 19.7 Å². The molecule has 0 aromatic carbocycles. The first kappa shape index (κ1) is 9.89. The second kappa shape index (κ2) is 3.49. The molecule has 15 heavy (non-hydrogen) atoms. The van der Waals surface area contributed by atoms with Gasteiger partial charge in [0.15, 0.2) is 5.65 Å². The molecule has 0 aliphatic heterocycles. The maximum atomic E-state index is 5.81. The lowest BCUT2D eigenvalue weighted by molar-refractivity contribution is 0.487. The zero-order chi connectivity index (χ0) is 11.0. The normalized spacial score (nSPS) is 13.3. The van der Waals surface area contributed by atoms with Gasteiger partial charge in [-0.2, -0.15) is 5.10 Å². The summed E-state index contributed by atoms with van der Waals surface area (Å²) in [5.41, 5.74) is 7.53. The Bertz CT molecular complexity index is 488. The van der Waals surface area contributed by atoms with Gasteiger partial charge in [0, 0.05) is 0 Å². The zero-order valence-electron chi connectivity index (χ0n) is 9.23. The smallest absolute Gasteiger partial charge is 0.163 e. The molecular formula is C10H15N5. The van der Waals surface area contributed by atoms with E-state index in [-0.39, 0.29) is 0 Å². The van der Waals surface area contributed by atoms with E-state index in [1.165, 1.54) is 6.33 Å². The summed E-state index contributed by atoms with van der Waals surface area (Å²) in [7, 11) is 0. The summed E-state index contributed by atoms with van der Waals surface area (Å²) < 4.78 is 1.92. The number of aryl methyl sites for hydroxylation is 1. The Morgan fingerprint density at radius 3 is 2.87 bits per heavy atom. The van der Waals surface area contributed by atoms with E-state index in [0.29, 0.717) is 11.9 Å². The molecule has 0 spiro atoms. The van der Waals surface area contributed by atoms with E-state index in [2.05, 4.69) is 28.9 Å². The summed E-state index contributed by atoms with van der Waals surface area (Å²) in [6.07, 6.45) is 2.50. The van der Waals surface area contributed by atoms with Gasteiger partial charge >= 0.3 is 0 Å². The van der Waals surface area contributed by atoms with Crippen LogP contribution in [0.2, 0.25) is 0 Å². The molecule has 2 N–H and O–H groups in total. The first-order valence-corrected chi connectivity index (χ1v) is 5.10. The molecule has 2 heterocycles. The summed E-state index contributed by atoms with van der Waals surface area (Å²) in [6.45, 7) is 6.17. The molecule has 1 atom stereocenters. The fourth-order valence-corrected chi connectivity index (χ4v) is 1.65. The lowest BCUT2D eigenvalue weighted by Gasteiger charge is -2.09. The topological polar surface area (TPSA) is 69.6 Å². The van der Waals surface area contributed by atoms with Crippen LogP contribution in [0.25, 0.3) is 11.0 Å². The van der Waals surface area contributed by atoms with Crippen molar-refractivity contribution >= 4 is 16.9 Å². The van der Waals surface area contributed by atoms with Crippen LogP contribution < -0.4 is 5.73 Å². The van der Waals surface area contributed by atoms with E-state index in [4.69, 9.17) is 5.73 Å². The van der Waals surface area contributed by atoms with Gasteiger partial charge in [-0.15, -0.1) is 0 Å². The predicted octanol–water partition coefficient (Wildman–Crippen LogP) is 1.69. The van der Waals surface area contributed by atoms with Gasteiger partial charge in [-0.25, -0.2) is 14.6 Å². The standard InChI is InChI=1S/C10H15N5/c1-4-6(2)15-10-8(7(3)14-15)9(11)12-5-13-10/h5-6H,4H2,1-3H3,(H2,11,12,13)/t6-/m1/s1. The number of anilines is 1. The molecule has 0 amide bonds. The van der Waals surface area contributed by atoms with E-state index < -0.39 is 0 Å². The minimum atomic E-state index is 0.329. The van der Waals surface area contributed by atoms with Gasteiger partial charge < -0.3 is 5.73 Å². The lowest BCUT2D eigenvalue weighted by atomic mass is 10.2. The number of nitrogens with two attached hydrogens (primary N) is 1. The molecule has 80 valence electrons. The third-order valence-corrected chi connectivity index (χ3v) is 2.70. The number of nitrogen functional groups attached to an aromatic ring is 1. The second-order valence-electron chi connectivity index (χ2n) is 3.74. The molecule has 0 fully saturated rings. The van der Waals surface area contributed by atoms with E-state index in [0.717, 1.165) is 23.1 Å². The molecule has 0 saturated carbocycles.